The lowest BCUT2D eigenvalue weighted by molar-refractivity contribution is 0.669. The number of nitrogens with zero attached hydrogens (tertiary/aromatic N) is 2. The molecule has 0 aliphatic carbocycles. The fourth-order valence-electron chi connectivity index (χ4n) is 10.3. The molecule has 0 radical (unpaired) electrons. The minimum Gasteiger partial charge on any atom is -0.456 e. The first kappa shape index (κ1) is 38.5. The van der Waals surface area contributed by atoms with Crippen LogP contribution >= 0.6 is 0 Å². The summed E-state index contributed by atoms with van der Waals surface area (Å²) < 4.78 is 6.24. The average Bonchev–Trinajstić information content (AvgIpc) is 3.78. The fourth-order valence-corrected chi connectivity index (χ4v) is 10.3. The second-order valence-electron chi connectivity index (χ2n) is 17.2. The summed E-state index contributed by atoms with van der Waals surface area (Å²) in [7, 11) is 0. The van der Waals surface area contributed by atoms with Gasteiger partial charge in [0.25, 0.3) is 0 Å². The largest absolute Gasteiger partial charge is 0.456 e. The molecule has 0 amide bonds. The number of furan rings is 1. The molecule has 67 heavy (non-hydrogen) atoms. The molecule has 13 aromatic rings. The van der Waals surface area contributed by atoms with Crippen LogP contribution in [0.25, 0.3) is 87.3 Å². The van der Waals surface area contributed by atoms with Crippen molar-refractivity contribution >= 4 is 99.2 Å². The van der Waals surface area contributed by atoms with Crippen LogP contribution < -0.4 is 9.80 Å². The molecule has 314 valence electrons. The van der Waals surface area contributed by atoms with Crippen LogP contribution in [0.5, 0.6) is 0 Å². The van der Waals surface area contributed by atoms with Crippen molar-refractivity contribution in [2.75, 3.05) is 9.80 Å². The van der Waals surface area contributed by atoms with E-state index in [2.05, 4.69) is 252 Å². The summed E-state index contributed by atoms with van der Waals surface area (Å²) in [5, 5.41) is 12.1. The second-order valence-corrected chi connectivity index (χ2v) is 17.2. The van der Waals surface area contributed by atoms with Gasteiger partial charge in [0.15, 0.2) is 0 Å². The van der Waals surface area contributed by atoms with Crippen molar-refractivity contribution in [3.63, 3.8) is 0 Å². The molecule has 0 unspecified atom stereocenters. The van der Waals surface area contributed by atoms with Crippen molar-refractivity contribution in [2.24, 2.45) is 0 Å². The van der Waals surface area contributed by atoms with Gasteiger partial charge in [0.1, 0.15) is 11.2 Å². The van der Waals surface area contributed by atoms with E-state index in [0.29, 0.717) is 0 Å². The number of hydrogen-bond acceptors (Lipinski definition) is 3. The van der Waals surface area contributed by atoms with Crippen molar-refractivity contribution in [1.82, 2.24) is 0 Å². The molecule has 3 heteroatoms. The molecular weight excluding hydrogens is 813 g/mol. The molecule has 0 saturated carbocycles. The zero-order valence-electron chi connectivity index (χ0n) is 36.6. The normalized spacial score (nSPS) is 11.6. The van der Waals surface area contributed by atoms with Gasteiger partial charge in [0.2, 0.25) is 0 Å². The number of fused-ring (bicyclic) bond motifs is 10. The molecule has 0 saturated heterocycles. The Balaban J connectivity index is 0.953. The van der Waals surface area contributed by atoms with Crippen LogP contribution in [0.15, 0.2) is 259 Å². The summed E-state index contributed by atoms with van der Waals surface area (Å²) in [6.07, 6.45) is 0. The Morgan fingerprint density at radius 1 is 0.224 bits per heavy atom. The molecule has 1 aromatic heterocycles. The summed E-state index contributed by atoms with van der Waals surface area (Å²) in [4.78, 5) is 4.74. The van der Waals surface area contributed by atoms with E-state index in [1.807, 2.05) is 12.1 Å². The molecule has 1 heterocycles. The van der Waals surface area contributed by atoms with Crippen LogP contribution in [0, 0.1) is 0 Å². The molecular formula is C64H42N2O. The Kier molecular flexibility index (Phi) is 9.17. The van der Waals surface area contributed by atoms with Gasteiger partial charge in [-0.25, -0.2) is 0 Å². The van der Waals surface area contributed by atoms with Gasteiger partial charge in [0.05, 0.1) is 5.69 Å². The highest BCUT2D eigenvalue weighted by atomic mass is 16.3. The van der Waals surface area contributed by atoms with Gasteiger partial charge in [-0.15, -0.1) is 0 Å². The van der Waals surface area contributed by atoms with E-state index in [4.69, 9.17) is 4.42 Å². The first-order chi connectivity index (χ1) is 33.2. The summed E-state index contributed by atoms with van der Waals surface area (Å²) in [6, 6.07) is 92.0. The van der Waals surface area contributed by atoms with Crippen molar-refractivity contribution < 1.29 is 4.42 Å². The Bertz CT molecular complexity index is 3890. The number of para-hydroxylation sites is 3. The highest BCUT2D eigenvalue weighted by Crippen LogP contribution is 2.46. The van der Waals surface area contributed by atoms with Crippen LogP contribution in [0.1, 0.15) is 0 Å². The molecule has 0 N–H and O–H groups in total. The smallest absolute Gasteiger partial charge is 0.135 e. The lowest BCUT2D eigenvalue weighted by atomic mass is 9.93. The number of hydrogen-bond donors (Lipinski definition) is 0. The molecule has 0 spiro atoms. The van der Waals surface area contributed by atoms with E-state index in [1.165, 1.54) is 48.7 Å². The van der Waals surface area contributed by atoms with Crippen molar-refractivity contribution in [2.45, 2.75) is 0 Å². The third kappa shape index (κ3) is 6.59. The SMILES string of the molecule is c1ccc(N(c2ccccc2)c2ccc(-c3ccc(N(c4ccc5c6ccccc6c6ccccc6c5c4)c4ccc(-c5ccc6oc7ccccc7c6c5)c5ccccc45)cc3)cc2)cc1. The Hall–Kier alpha value is -8.92. The highest BCUT2D eigenvalue weighted by Gasteiger charge is 2.20. The van der Waals surface area contributed by atoms with Crippen LogP contribution in [0.2, 0.25) is 0 Å². The maximum atomic E-state index is 6.24. The first-order valence-corrected chi connectivity index (χ1v) is 22.9. The average molecular weight is 855 g/mol. The summed E-state index contributed by atoms with van der Waals surface area (Å²) in [5.74, 6) is 0. The maximum absolute atomic E-state index is 6.24. The predicted octanol–water partition coefficient (Wildman–Crippen LogP) is 18.5. The Morgan fingerprint density at radius 2 is 0.657 bits per heavy atom. The van der Waals surface area contributed by atoms with Gasteiger partial charge >= 0.3 is 0 Å². The van der Waals surface area contributed by atoms with Crippen LogP contribution in [0.4, 0.5) is 34.1 Å². The quantitative estimate of drug-likeness (QED) is 0.142. The highest BCUT2D eigenvalue weighted by molar-refractivity contribution is 6.26. The molecule has 12 aromatic carbocycles. The van der Waals surface area contributed by atoms with Gasteiger partial charge in [-0.3, -0.25) is 0 Å². The van der Waals surface area contributed by atoms with E-state index >= 15 is 0 Å². The van der Waals surface area contributed by atoms with E-state index in [-0.39, 0.29) is 0 Å². The van der Waals surface area contributed by atoms with Crippen molar-refractivity contribution in [3.05, 3.63) is 255 Å². The van der Waals surface area contributed by atoms with Crippen LogP contribution in [-0.2, 0) is 0 Å². The maximum Gasteiger partial charge on any atom is 0.135 e. The molecule has 0 atom stereocenters. The Morgan fingerprint density at radius 3 is 1.27 bits per heavy atom. The standard InChI is InChI=1S/C64H42N2O/c1-3-15-46(16-4-1)65(47-17-5-2-6-18-47)48-32-27-43(28-33-48)44-29-34-49(35-30-44)66(50-36-37-57-55-22-8-7-20-53(55)54-21-9-10-23-56(54)60(57)42-50)62-39-38-51(52-19-11-12-24-58(52)62)45-31-40-64-61(41-45)59-25-13-14-26-63(59)67-64/h1-42H. The molecule has 3 nitrogen and oxygen atoms in total. The van der Waals surface area contributed by atoms with Crippen molar-refractivity contribution in [3.8, 4) is 22.3 Å². The van der Waals surface area contributed by atoms with E-state index in [1.54, 1.807) is 0 Å². The first-order valence-electron chi connectivity index (χ1n) is 22.9. The molecule has 0 aliphatic rings. The van der Waals surface area contributed by atoms with Gasteiger partial charge in [0, 0.05) is 44.6 Å². The van der Waals surface area contributed by atoms with Gasteiger partial charge < -0.3 is 14.2 Å². The number of benzene rings is 12. The van der Waals surface area contributed by atoms with E-state index in [9.17, 15) is 0 Å². The minimum absolute atomic E-state index is 0.898. The zero-order chi connectivity index (χ0) is 44.3. The lowest BCUT2D eigenvalue weighted by Gasteiger charge is -2.28. The monoisotopic (exact) mass is 854 g/mol. The summed E-state index contributed by atoms with van der Waals surface area (Å²) >= 11 is 0. The third-order valence-electron chi connectivity index (χ3n) is 13.4. The van der Waals surface area contributed by atoms with Crippen molar-refractivity contribution in [1.29, 1.82) is 0 Å². The molecule has 13 rings (SSSR count). The molecule has 0 aliphatic heterocycles. The molecule has 0 fully saturated rings. The van der Waals surface area contributed by atoms with Gasteiger partial charge in [-0.05, 0) is 145 Å². The van der Waals surface area contributed by atoms with Crippen LogP contribution in [0.3, 0.4) is 0 Å². The summed E-state index contributed by atoms with van der Waals surface area (Å²) in [6.45, 7) is 0. The lowest BCUT2D eigenvalue weighted by Crippen LogP contribution is -2.11. The predicted molar refractivity (Wildman–Crippen MR) is 284 cm³/mol. The van der Waals surface area contributed by atoms with Crippen LogP contribution in [-0.4, -0.2) is 0 Å². The van der Waals surface area contributed by atoms with E-state index < -0.39 is 0 Å². The Labute approximate surface area is 388 Å². The zero-order valence-corrected chi connectivity index (χ0v) is 36.6. The molecule has 0 bridgehead atoms. The van der Waals surface area contributed by atoms with Gasteiger partial charge in [-0.2, -0.15) is 0 Å². The number of anilines is 6. The second kappa shape index (κ2) is 16.0. The fraction of sp³-hybridized carbons (Fsp3) is 0. The topological polar surface area (TPSA) is 19.6 Å². The summed E-state index contributed by atoms with van der Waals surface area (Å²) in [5.41, 5.74) is 13.1. The van der Waals surface area contributed by atoms with Gasteiger partial charge in [-0.1, -0.05) is 170 Å². The minimum atomic E-state index is 0.898. The third-order valence-corrected chi connectivity index (χ3v) is 13.4. The number of rotatable bonds is 8. The van der Waals surface area contributed by atoms with E-state index in [0.717, 1.165) is 72.8 Å².